The zero-order chi connectivity index (χ0) is 23.1. The molecular weight excluding hydrogens is 512 g/mol. The Morgan fingerprint density at radius 3 is 1.89 bits per heavy atom. The maximum atomic E-state index is 6.36. The van der Waals surface area contributed by atoms with Crippen LogP contribution in [-0.4, -0.2) is 0 Å². The van der Waals surface area contributed by atoms with Crippen LogP contribution in [0.25, 0.3) is 74.8 Å². The molecule has 0 amide bonds. The van der Waals surface area contributed by atoms with Crippen LogP contribution < -0.4 is 0 Å². The van der Waals surface area contributed by atoms with Gasteiger partial charge in [0.2, 0.25) is 0 Å². The molecule has 0 aliphatic heterocycles. The molecule has 164 valence electrons. The third-order valence-electron chi connectivity index (χ3n) is 7.13. The molecule has 6 aromatic carbocycles. The molecule has 2 heterocycles. The minimum Gasteiger partial charge on any atom is -0.456 e. The largest absolute Gasteiger partial charge is 0.456 e. The fraction of sp³-hybridized carbons (Fsp3) is 0. The zero-order valence-corrected chi connectivity index (χ0v) is 20.9. The molecule has 2 aromatic heterocycles. The Kier molecular flexibility index (Phi) is 4.02. The van der Waals surface area contributed by atoms with Gasteiger partial charge < -0.3 is 4.42 Å². The fourth-order valence-corrected chi connectivity index (χ4v) is 7.43. The number of thiophene rings is 1. The van der Waals surface area contributed by atoms with Crippen molar-refractivity contribution in [1.82, 2.24) is 0 Å². The van der Waals surface area contributed by atoms with Gasteiger partial charge in [-0.2, -0.15) is 0 Å². The maximum absolute atomic E-state index is 6.36. The van der Waals surface area contributed by atoms with E-state index in [1.807, 2.05) is 11.3 Å². The van der Waals surface area contributed by atoms with Gasteiger partial charge >= 0.3 is 0 Å². The van der Waals surface area contributed by atoms with Gasteiger partial charge in [0.05, 0.1) is 0 Å². The molecule has 0 bridgehead atoms. The smallest absolute Gasteiger partial charge is 0.136 e. The van der Waals surface area contributed by atoms with Gasteiger partial charge in [-0.15, -0.1) is 11.3 Å². The third kappa shape index (κ3) is 2.68. The Morgan fingerprint density at radius 1 is 0.514 bits per heavy atom. The van der Waals surface area contributed by atoms with E-state index in [1.165, 1.54) is 63.6 Å². The summed E-state index contributed by atoms with van der Waals surface area (Å²) in [5.41, 5.74) is 4.34. The van der Waals surface area contributed by atoms with Gasteiger partial charge in [0.15, 0.2) is 0 Å². The molecule has 0 radical (unpaired) electrons. The molecule has 0 unspecified atom stereocenters. The van der Waals surface area contributed by atoms with Crippen molar-refractivity contribution < 1.29 is 4.42 Å². The second-order valence-corrected chi connectivity index (χ2v) is 10.9. The van der Waals surface area contributed by atoms with E-state index in [-0.39, 0.29) is 0 Å². The highest BCUT2D eigenvalue weighted by atomic mass is 79.9. The number of fused-ring (bicyclic) bond motifs is 9. The molecule has 0 saturated heterocycles. The summed E-state index contributed by atoms with van der Waals surface area (Å²) in [6.07, 6.45) is 0. The van der Waals surface area contributed by atoms with E-state index in [2.05, 4.69) is 119 Å². The van der Waals surface area contributed by atoms with Crippen molar-refractivity contribution in [3.63, 3.8) is 0 Å². The zero-order valence-electron chi connectivity index (χ0n) is 18.5. The van der Waals surface area contributed by atoms with Crippen molar-refractivity contribution in [2.24, 2.45) is 0 Å². The molecule has 0 N–H and O–H groups in total. The van der Waals surface area contributed by atoms with Crippen LogP contribution in [0.1, 0.15) is 0 Å². The van der Waals surface area contributed by atoms with Crippen molar-refractivity contribution in [2.75, 3.05) is 0 Å². The summed E-state index contributed by atoms with van der Waals surface area (Å²) in [6.45, 7) is 0. The summed E-state index contributed by atoms with van der Waals surface area (Å²) >= 11 is 5.73. The maximum Gasteiger partial charge on any atom is 0.136 e. The predicted molar refractivity (Wildman–Crippen MR) is 155 cm³/mol. The first-order chi connectivity index (χ1) is 17.3. The summed E-state index contributed by atoms with van der Waals surface area (Å²) in [5, 5.41) is 9.92. The highest BCUT2D eigenvalue weighted by Gasteiger charge is 2.18. The van der Waals surface area contributed by atoms with E-state index in [1.54, 1.807) is 0 Å². The van der Waals surface area contributed by atoms with Crippen molar-refractivity contribution in [3.8, 4) is 11.1 Å². The van der Waals surface area contributed by atoms with Gasteiger partial charge in [-0.25, -0.2) is 0 Å². The first-order valence-corrected chi connectivity index (χ1v) is 13.2. The lowest BCUT2D eigenvalue weighted by Crippen LogP contribution is -1.87. The highest BCUT2D eigenvalue weighted by Crippen LogP contribution is 2.45. The van der Waals surface area contributed by atoms with Crippen LogP contribution in [0.3, 0.4) is 0 Å². The Balaban J connectivity index is 1.54. The van der Waals surface area contributed by atoms with Gasteiger partial charge in [-0.3, -0.25) is 0 Å². The number of furan rings is 1. The first-order valence-electron chi connectivity index (χ1n) is 11.6. The topological polar surface area (TPSA) is 13.1 Å². The van der Waals surface area contributed by atoms with E-state index >= 15 is 0 Å². The molecule has 0 spiro atoms. The second kappa shape index (κ2) is 7.17. The Hall–Kier alpha value is -3.66. The molecule has 1 nitrogen and oxygen atoms in total. The second-order valence-electron chi connectivity index (χ2n) is 9.00. The molecule has 0 atom stereocenters. The number of hydrogen-bond acceptors (Lipinski definition) is 2. The van der Waals surface area contributed by atoms with Gasteiger partial charge in [-0.1, -0.05) is 72.8 Å². The number of benzene rings is 6. The minimum absolute atomic E-state index is 0.928. The van der Waals surface area contributed by atoms with Crippen LogP contribution in [-0.2, 0) is 0 Å². The summed E-state index contributed by atoms with van der Waals surface area (Å²) in [7, 11) is 0. The molecular formula is C32H17BrOS. The SMILES string of the molecule is Brc1c2ccccc2c(-c2ccc3oc4ccc5sc6ccccc6c5c4c3c2)c2ccccc12. The van der Waals surface area contributed by atoms with E-state index in [4.69, 9.17) is 4.42 Å². The molecule has 8 rings (SSSR count). The van der Waals surface area contributed by atoms with Crippen LogP contribution in [0.5, 0.6) is 0 Å². The minimum atomic E-state index is 0.928. The Labute approximate surface area is 213 Å². The summed E-state index contributed by atoms with van der Waals surface area (Å²) in [5.74, 6) is 0. The first kappa shape index (κ1) is 19.6. The molecule has 0 aliphatic carbocycles. The molecule has 8 aromatic rings. The van der Waals surface area contributed by atoms with E-state index < -0.39 is 0 Å². The fourth-order valence-electron chi connectivity index (χ4n) is 5.62. The number of halogens is 1. The monoisotopic (exact) mass is 528 g/mol. The quantitative estimate of drug-likeness (QED) is 0.193. The summed E-state index contributed by atoms with van der Waals surface area (Å²) in [6, 6.07) is 37.0. The number of hydrogen-bond donors (Lipinski definition) is 0. The van der Waals surface area contributed by atoms with Crippen LogP contribution in [0, 0.1) is 0 Å². The predicted octanol–water partition coefficient (Wildman–Crippen LogP) is 10.7. The van der Waals surface area contributed by atoms with Gasteiger partial charge in [-0.05, 0) is 78.9 Å². The Morgan fingerprint density at radius 2 is 1.14 bits per heavy atom. The standard InChI is InChI=1S/C32H17BrOS/c33-32-21-9-3-1-7-19(21)29(20-8-2-4-10-22(20)32)18-13-14-25-24(17-18)30-26(34-25)15-16-28-31(30)23-11-5-6-12-27(23)35-28/h1-17H. The van der Waals surface area contributed by atoms with E-state index in [0.717, 1.165) is 15.6 Å². The van der Waals surface area contributed by atoms with Crippen molar-refractivity contribution in [2.45, 2.75) is 0 Å². The van der Waals surface area contributed by atoms with E-state index in [9.17, 15) is 0 Å². The Bertz CT molecular complexity index is 2070. The average molecular weight is 529 g/mol. The number of rotatable bonds is 1. The van der Waals surface area contributed by atoms with Crippen LogP contribution in [0.15, 0.2) is 112 Å². The van der Waals surface area contributed by atoms with Crippen LogP contribution in [0.4, 0.5) is 0 Å². The normalized spacial score (nSPS) is 12.1. The molecule has 0 fully saturated rings. The average Bonchev–Trinajstić information content (AvgIpc) is 3.46. The lowest BCUT2D eigenvalue weighted by Gasteiger charge is -2.14. The van der Waals surface area contributed by atoms with Crippen molar-refractivity contribution in [3.05, 3.63) is 108 Å². The van der Waals surface area contributed by atoms with Crippen LogP contribution in [0.2, 0.25) is 0 Å². The lowest BCUT2D eigenvalue weighted by atomic mass is 9.91. The van der Waals surface area contributed by atoms with Crippen molar-refractivity contribution in [1.29, 1.82) is 0 Å². The molecule has 35 heavy (non-hydrogen) atoms. The van der Waals surface area contributed by atoms with E-state index in [0.29, 0.717) is 0 Å². The lowest BCUT2D eigenvalue weighted by molar-refractivity contribution is 0.669. The summed E-state index contributed by atoms with van der Waals surface area (Å²) in [4.78, 5) is 0. The molecule has 0 saturated carbocycles. The van der Waals surface area contributed by atoms with Crippen molar-refractivity contribution >= 4 is 90.9 Å². The van der Waals surface area contributed by atoms with Gasteiger partial charge in [0.1, 0.15) is 11.2 Å². The van der Waals surface area contributed by atoms with Gasteiger partial charge in [0.25, 0.3) is 0 Å². The molecule has 3 heteroatoms. The molecule has 0 aliphatic rings. The summed E-state index contributed by atoms with van der Waals surface area (Å²) < 4.78 is 10.1. The highest BCUT2D eigenvalue weighted by molar-refractivity contribution is 9.10. The third-order valence-corrected chi connectivity index (χ3v) is 9.12. The van der Waals surface area contributed by atoms with Crippen LogP contribution >= 0.6 is 27.3 Å². The van der Waals surface area contributed by atoms with Gasteiger partial charge in [0, 0.05) is 35.4 Å².